The molecule has 1 aromatic heterocycles. The van der Waals surface area contributed by atoms with Crippen molar-refractivity contribution >= 4 is 5.96 Å². The van der Waals surface area contributed by atoms with Crippen LogP contribution in [0.4, 0.5) is 0 Å². The minimum atomic E-state index is -1.11. The van der Waals surface area contributed by atoms with Gasteiger partial charge in [0, 0.05) is 13.1 Å². The molecule has 1 aromatic carbocycles. The lowest BCUT2D eigenvalue weighted by Gasteiger charge is -2.23. The van der Waals surface area contributed by atoms with Crippen LogP contribution in [0.2, 0.25) is 0 Å². The van der Waals surface area contributed by atoms with Crippen molar-refractivity contribution < 1.29 is 9.52 Å². The number of aliphatic hydroxyl groups is 1. The number of rotatable bonds is 10. The molecule has 1 atom stereocenters. The first-order chi connectivity index (χ1) is 13.9. The fourth-order valence-electron chi connectivity index (χ4n) is 3.03. The average molecular weight is 401 g/mol. The molecule has 160 valence electrons. The SMILES string of the molecule is CCNC(=NCc1ccc(CN(CC)CC)cc1)NCC(C)(O)c1ccc(C)o1. The second-order valence-electron chi connectivity index (χ2n) is 7.51. The summed E-state index contributed by atoms with van der Waals surface area (Å²) in [5.41, 5.74) is 1.35. The molecule has 0 aliphatic rings. The number of hydrogen-bond acceptors (Lipinski definition) is 4. The van der Waals surface area contributed by atoms with Gasteiger partial charge in [0.15, 0.2) is 5.96 Å². The smallest absolute Gasteiger partial charge is 0.191 e. The summed E-state index contributed by atoms with van der Waals surface area (Å²) in [5.74, 6) is 2.00. The van der Waals surface area contributed by atoms with Gasteiger partial charge in [-0.25, -0.2) is 4.99 Å². The number of nitrogens with one attached hydrogen (secondary N) is 2. The topological polar surface area (TPSA) is 73.0 Å². The molecule has 0 bridgehead atoms. The minimum absolute atomic E-state index is 0.300. The molecule has 1 unspecified atom stereocenters. The maximum Gasteiger partial charge on any atom is 0.191 e. The van der Waals surface area contributed by atoms with E-state index in [0.29, 0.717) is 24.8 Å². The van der Waals surface area contributed by atoms with Crippen molar-refractivity contribution in [3.63, 3.8) is 0 Å². The predicted octanol–water partition coefficient (Wildman–Crippen LogP) is 3.39. The molecule has 29 heavy (non-hydrogen) atoms. The van der Waals surface area contributed by atoms with Gasteiger partial charge in [0.05, 0.1) is 13.1 Å². The predicted molar refractivity (Wildman–Crippen MR) is 119 cm³/mol. The first-order valence-electron chi connectivity index (χ1n) is 10.5. The quantitative estimate of drug-likeness (QED) is 0.421. The Morgan fingerprint density at radius 2 is 1.69 bits per heavy atom. The van der Waals surface area contributed by atoms with Crippen molar-refractivity contribution in [1.82, 2.24) is 15.5 Å². The van der Waals surface area contributed by atoms with Crippen LogP contribution < -0.4 is 10.6 Å². The second-order valence-corrected chi connectivity index (χ2v) is 7.51. The van der Waals surface area contributed by atoms with Gasteiger partial charge in [-0.15, -0.1) is 0 Å². The summed E-state index contributed by atoms with van der Waals surface area (Å²) in [6, 6.07) is 12.3. The number of guanidine groups is 1. The molecule has 0 amide bonds. The van der Waals surface area contributed by atoms with Crippen LogP contribution in [0.1, 0.15) is 50.3 Å². The van der Waals surface area contributed by atoms with Gasteiger partial charge in [-0.05, 0) is 57.1 Å². The summed E-state index contributed by atoms with van der Waals surface area (Å²) >= 11 is 0. The largest absolute Gasteiger partial charge is 0.463 e. The van der Waals surface area contributed by atoms with E-state index in [1.54, 1.807) is 13.0 Å². The van der Waals surface area contributed by atoms with Gasteiger partial charge >= 0.3 is 0 Å². The Balaban J connectivity index is 1.96. The zero-order valence-corrected chi connectivity index (χ0v) is 18.5. The van der Waals surface area contributed by atoms with E-state index in [-0.39, 0.29) is 0 Å². The zero-order chi connectivity index (χ0) is 21.3. The van der Waals surface area contributed by atoms with Crippen molar-refractivity contribution in [1.29, 1.82) is 0 Å². The summed E-state index contributed by atoms with van der Waals surface area (Å²) in [7, 11) is 0. The molecule has 0 spiro atoms. The number of aryl methyl sites for hydroxylation is 1. The van der Waals surface area contributed by atoms with E-state index in [4.69, 9.17) is 4.42 Å². The summed E-state index contributed by atoms with van der Waals surface area (Å²) in [6.07, 6.45) is 0. The van der Waals surface area contributed by atoms with E-state index in [1.807, 2.05) is 19.9 Å². The summed E-state index contributed by atoms with van der Waals surface area (Å²) in [5, 5.41) is 17.1. The molecule has 1 heterocycles. The Hall–Kier alpha value is -2.31. The van der Waals surface area contributed by atoms with E-state index in [0.717, 1.165) is 37.5 Å². The highest BCUT2D eigenvalue weighted by Gasteiger charge is 2.27. The van der Waals surface area contributed by atoms with Crippen LogP contribution in [0.15, 0.2) is 45.8 Å². The number of hydrogen-bond donors (Lipinski definition) is 3. The van der Waals surface area contributed by atoms with Crippen LogP contribution >= 0.6 is 0 Å². The first-order valence-corrected chi connectivity index (χ1v) is 10.5. The third-order valence-corrected chi connectivity index (χ3v) is 4.96. The third-order valence-electron chi connectivity index (χ3n) is 4.96. The van der Waals surface area contributed by atoms with Crippen LogP contribution in [0.3, 0.4) is 0 Å². The highest BCUT2D eigenvalue weighted by Crippen LogP contribution is 2.21. The number of furan rings is 1. The van der Waals surface area contributed by atoms with E-state index in [9.17, 15) is 5.11 Å². The summed E-state index contributed by atoms with van der Waals surface area (Å²) in [6.45, 7) is 14.7. The van der Waals surface area contributed by atoms with Gasteiger partial charge in [-0.2, -0.15) is 0 Å². The lowest BCUT2D eigenvalue weighted by Crippen LogP contribution is -2.44. The summed E-state index contributed by atoms with van der Waals surface area (Å²) in [4.78, 5) is 7.05. The molecular formula is C23H36N4O2. The van der Waals surface area contributed by atoms with Crippen molar-refractivity contribution in [2.24, 2.45) is 4.99 Å². The van der Waals surface area contributed by atoms with Gasteiger partial charge in [0.2, 0.25) is 0 Å². The molecule has 0 radical (unpaired) electrons. The maximum atomic E-state index is 10.7. The molecular weight excluding hydrogens is 364 g/mol. The van der Waals surface area contributed by atoms with Crippen LogP contribution in [0, 0.1) is 6.92 Å². The van der Waals surface area contributed by atoms with Crippen LogP contribution in [0.5, 0.6) is 0 Å². The zero-order valence-electron chi connectivity index (χ0n) is 18.5. The number of benzene rings is 1. The van der Waals surface area contributed by atoms with Gasteiger partial charge < -0.3 is 20.2 Å². The molecule has 3 N–H and O–H groups in total. The third kappa shape index (κ3) is 7.22. The molecule has 0 aliphatic heterocycles. The molecule has 2 rings (SSSR count). The Bertz CT molecular complexity index is 761. The van der Waals surface area contributed by atoms with Crippen molar-refractivity contribution in [2.45, 2.75) is 53.3 Å². The Morgan fingerprint density at radius 3 is 2.24 bits per heavy atom. The monoisotopic (exact) mass is 400 g/mol. The van der Waals surface area contributed by atoms with Crippen LogP contribution in [-0.2, 0) is 18.7 Å². The van der Waals surface area contributed by atoms with Crippen LogP contribution in [-0.4, -0.2) is 42.1 Å². The van der Waals surface area contributed by atoms with E-state index < -0.39 is 5.60 Å². The molecule has 6 nitrogen and oxygen atoms in total. The Labute approximate surface area is 175 Å². The molecule has 6 heteroatoms. The molecule has 0 saturated carbocycles. The van der Waals surface area contributed by atoms with Gasteiger partial charge in [-0.3, -0.25) is 4.90 Å². The molecule has 2 aromatic rings. The maximum absolute atomic E-state index is 10.7. The second kappa shape index (κ2) is 11.0. The van der Waals surface area contributed by atoms with E-state index in [2.05, 4.69) is 58.6 Å². The van der Waals surface area contributed by atoms with Gasteiger partial charge in [-0.1, -0.05) is 38.1 Å². The van der Waals surface area contributed by atoms with E-state index >= 15 is 0 Å². The summed E-state index contributed by atoms with van der Waals surface area (Å²) < 4.78 is 5.57. The average Bonchev–Trinajstić information content (AvgIpc) is 3.16. The van der Waals surface area contributed by atoms with Crippen molar-refractivity contribution in [3.8, 4) is 0 Å². The van der Waals surface area contributed by atoms with Crippen LogP contribution in [0.25, 0.3) is 0 Å². The molecule has 0 aliphatic carbocycles. The normalized spacial score (nSPS) is 14.1. The van der Waals surface area contributed by atoms with Crippen molar-refractivity contribution in [2.75, 3.05) is 26.2 Å². The number of aliphatic imine (C=N–C) groups is 1. The highest BCUT2D eigenvalue weighted by molar-refractivity contribution is 5.79. The lowest BCUT2D eigenvalue weighted by atomic mass is 10.0. The van der Waals surface area contributed by atoms with Gasteiger partial charge in [0.25, 0.3) is 0 Å². The standard InChI is InChI=1S/C23H36N4O2/c1-6-24-22(26-17-23(5,28)21-14-9-18(4)29-21)25-15-19-10-12-20(13-11-19)16-27(7-2)8-3/h9-14,28H,6-8,15-17H2,1-5H3,(H2,24,25,26). The number of nitrogens with zero attached hydrogens (tertiary/aromatic N) is 2. The van der Waals surface area contributed by atoms with E-state index in [1.165, 1.54) is 5.56 Å². The Kier molecular flexibility index (Phi) is 8.73. The fourth-order valence-corrected chi connectivity index (χ4v) is 3.03. The molecule has 0 saturated heterocycles. The minimum Gasteiger partial charge on any atom is -0.463 e. The fraction of sp³-hybridized carbons (Fsp3) is 0.522. The Morgan fingerprint density at radius 1 is 1.03 bits per heavy atom. The molecule has 0 fully saturated rings. The first kappa shape index (κ1) is 23.0. The van der Waals surface area contributed by atoms with Crippen molar-refractivity contribution in [3.05, 3.63) is 59.0 Å². The lowest BCUT2D eigenvalue weighted by molar-refractivity contribution is 0.0378. The van der Waals surface area contributed by atoms with Gasteiger partial charge in [0.1, 0.15) is 17.1 Å². The highest BCUT2D eigenvalue weighted by atomic mass is 16.4.